The second kappa shape index (κ2) is 13.8. The number of nitrogens with zero attached hydrogens (tertiary/aromatic N) is 2. The summed E-state index contributed by atoms with van der Waals surface area (Å²) in [6.45, 7) is 14.4. The van der Waals surface area contributed by atoms with Gasteiger partial charge in [-0.3, -0.25) is 19.3 Å². The first-order valence-electron chi connectivity index (χ1n) is 17.7. The van der Waals surface area contributed by atoms with Crippen molar-refractivity contribution in [3.63, 3.8) is 0 Å². The van der Waals surface area contributed by atoms with E-state index in [1.54, 1.807) is 5.06 Å². The zero-order valence-corrected chi connectivity index (χ0v) is 28.4. The van der Waals surface area contributed by atoms with Crippen LogP contribution in [0.15, 0.2) is 48.5 Å². The van der Waals surface area contributed by atoms with Crippen molar-refractivity contribution in [2.75, 3.05) is 26.2 Å². The molecule has 2 aromatic carbocycles. The van der Waals surface area contributed by atoms with Crippen LogP contribution < -0.4 is 10.6 Å². The van der Waals surface area contributed by atoms with E-state index in [4.69, 9.17) is 4.84 Å². The van der Waals surface area contributed by atoms with Crippen LogP contribution in [0.2, 0.25) is 0 Å². The molecule has 7 rings (SSSR count). The Kier molecular flexibility index (Phi) is 9.91. The van der Waals surface area contributed by atoms with Gasteiger partial charge in [0.15, 0.2) is 0 Å². The zero-order valence-electron chi connectivity index (χ0n) is 28.4. The summed E-state index contributed by atoms with van der Waals surface area (Å²) in [5.74, 6) is 1.61. The Labute approximate surface area is 275 Å². The highest BCUT2D eigenvalue weighted by Crippen LogP contribution is 2.61. The number of hydrogen-bond acceptors (Lipinski definition) is 6. The van der Waals surface area contributed by atoms with E-state index in [0.717, 1.165) is 49.0 Å². The van der Waals surface area contributed by atoms with Gasteiger partial charge in [0.25, 0.3) is 5.91 Å². The molecule has 250 valence electrons. The highest BCUT2D eigenvalue weighted by Gasteiger charge is 2.57. The molecular formula is C38H54N4O4. The predicted molar refractivity (Wildman–Crippen MR) is 181 cm³/mol. The molecule has 0 unspecified atom stereocenters. The van der Waals surface area contributed by atoms with Gasteiger partial charge >= 0.3 is 0 Å². The third-order valence-electron chi connectivity index (χ3n) is 12.2. The van der Waals surface area contributed by atoms with Crippen molar-refractivity contribution in [3.8, 4) is 11.1 Å². The van der Waals surface area contributed by atoms with Crippen molar-refractivity contribution in [1.29, 1.82) is 0 Å². The number of aliphatic hydroxyl groups is 1. The van der Waals surface area contributed by atoms with Gasteiger partial charge in [0.2, 0.25) is 5.91 Å². The number of likely N-dealkylation sites (tertiary alicyclic amines) is 1. The van der Waals surface area contributed by atoms with Gasteiger partial charge in [-0.15, -0.1) is 0 Å². The monoisotopic (exact) mass is 630 g/mol. The van der Waals surface area contributed by atoms with Gasteiger partial charge < -0.3 is 15.7 Å². The Balaban J connectivity index is 1.14. The van der Waals surface area contributed by atoms with Crippen LogP contribution in [0.5, 0.6) is 0 Å². The van der Waals surface area contributed by atoms with Crippen LogP contribution in [0.4, 0.5) is 0 Å². The van der Waals surface area contributed by atoms with Crippen LogP contribution in [0, 0.1) is 29.1 Å². The van der Waals surface area contributed by atoms with Crippen LogP contribution in [0.25, 0.3) is 11.1 Å². The molecule has 5 aliphatic rings. The number of hydroxylamine groups is 2. The molecule has 2 aliphatic heterocycles. The summed E-state index contributed by atoms with van der Waals surface area (Å²) in [6, 6.07) is 16.1. The first-order chi connectivity index (χ1) is 22.1. The molecule has 3 saturated carbocycles. The molecule has 2 bridgehead atoms. The summed E-state index contributed by atoms with van der Waals surface area (Å²) in [7, 11) is 0. The average Bonchev–Trinajstić information content (AvgIpc) is 3.68. The van der Waals surface area contributed by atoms with Crippen LogP contribution in [-0.4, -0.2) is 77.4 Å². The lowest BCUT2D eigenvalue weighted by Gasteiger charge is -2.62. The summed E-state index contributed by atoms with van der Waals surface area (Å²) in [5, 5.41) is 18.6. The first kappa shape index (κ1) is 33.1. The second-order valence-corrected chi connectivity index (χ2v) is 14.9. The molecule has 0 aromatic heterocycles. The van der Waals surface area contributed by atoms with E-state index in [1.165, 1.54) is 12.8 Å². The van der Waals surface area contributed by atoms with Gasteiger partial charge in [0.05, 0.1) is 13.2 Å². The summed E-state index contributed by atoms with van der Waals surface area (Å²) in [4.78, 5) is 35.8. The number of fused-ring (bicyclic) bond motifs is 2. The summed E-state index contributed by atoms with van der Waals surface area (Å²) >= 11 is 0. The van der Waals surface area contributed by atoms with Gasteiger partial charge in [-0.2, -0.15) is 5.06 Å². The van der Waals surface area contributed by atoms with Crippen LogP contribution >= 0.6 is 0 Å². The molecular weight excluding hydrogens is 576 g/mol. The van der Waals surface area contributed by atoms with E-state index in [0.29, 0.717) is 47.9 Å². The van der Waals surface area contributed by atoms with Crippen LogP contribution in [0.3, 0.4) is 0 Å². The number of carbonyl (C=O) groups excluding carboxylic acids is 2. The number of amides is 2. The van der Waals surface area contributed by atoms with Crippen molar-refractivity contribution in [1.82, 2.24) is 20.6 Å². The quantitative estimate of drug-likeness (QED) is 0.314. The number of likely N-dealkylation sites (N-methyl/N-ethyl adjacent to an activating group) is 1. The van der Waals surface area contributed by atoms with Gasteiger partial charge in [-0.25, -0.2) is 0 Å². The van der Waals surface area contributed by atoms with E-state index >= 15 is 0 Å². The highest BCUT2D eigenvalue weighted by atomic mass is 16.7. The minimum Gasteiger partial charge on any atom is -0.394 e. The van der Waals surface area contributed by atoms with Crippen molar-refractivity contribution in [2.24, 2.45) is 29.1 Å². The third-order valence-corrected chi connectivity index (χ3v) is 12.2. The Morgan fingerprint density at radius 3 is 2.52 bits per heavy atom. The van der Waals surface area contributed by atoms with E-state index in [9.17, 15) is 14.7 Å². The van der Waals surface area contributed by atoms with E-state index in [2.05, 4.69) is 62.3 Å². The molecule has 3 aliphatic carbocycles. The van der Waals surface area contributed by atoms with Gasteiger partial charge in [0.1, 0.15) is 12.1 Å². The molecule has 2 heterocycles. The maximum atomic E-state index is 14.0. The molecule has 3 N–H and O–H groups in total. The molecule has 8 nitrogen and oxygen atoms in total. The lowest BCUT2D eigenvalue weighted by Crippen LogP contribution is -2.62. The molecule has 46 heavy (non-hydrogen) atoms. The van der Waals surface area contributed by atoms with Crippen molar-refractivity contribution < 1.29 is 19.5 Å². The fraction of sp³-hybridized carbons (Fsp3) is 0.632. The molecule has 5 fully saturated rings. The predicted octanol–water partition coefficient (Wildman–Crippen LogP) is 5.26. The smallest absolute Gasteiger partial charge is 0.251 e. The van der Waals surface area contributed by atoms with Crippen LogP contribution in [-0.2, 0) is 16.2 Å². The van der Waals surface area contributed by atoms with E-state index in [-0.39, 0.29) is 30.4 Å². The lowest BCUT2D eigenvalue weighted by atomic mass is 9.45. The molecule has 8 heteroatoms. The number of carbonyl (C=O) groups is 2. The zero-order chi connectivity index (χ0) is 32.6. The number of nitrogens with one attached hydrogen (secondary N) is 2. The maximum Gasteiger partial charge on any atom is 0.251 e. The standard InChI is InChI=1S/C38H54N4O4/c1-6-31-34(23-43)46-42(35(31)37(45)40-33-20-29-19-32(24(33)3)38(29,4)5)22-25-11-8-12-26(17-25)27-13-9-14-28(18-27)36(44)39-21-30-15-10-16-41(30)7-2/h8-9,11-14,17-18,24,29-35,43H,6-7,10,15-16,19-23H2,1-5H3,(H,39,44)(H,40,45)/t24-,29+,30-,31+,32-,33-,34-,35-/m0/s1. The number of rotatable bonds is 11. The van der Waals surface area contributed by atoms with Crippen molar-refractivity contribution in [2.45, 2.75) is 97.5 Å². The van der Waals surface area contributed by atoms with Crippen molar-refractivity contribution >= 4 is 11.8 Å². The number of benzene rings is 2. The summed E-state index contributed by atoms with van der Waals surface area (Å²) in [5.41, 5.74) is 3.99. The Hall–Kier alpha value is -2.78. The fourth-order valence-corrected chi connectivity index (χ4v) is 9.18. The largest absolute Gasteiger partial charge is 0.394 e. The lowest BCUT2D eigenvalue weighted by molar-refractivity contribution is -0.183. The van der Waals surface area contributed by atoms with E-state index < -0.39 is 12.1 Å². The maximum absolute atomic E-state index is 14.0. The van der Waals surface area contributed by atoms with Crippen LogP contribution in [0.1, 0.15) is 82.6 Å². The normalized spacial score (nSPS) is 32.2. The third kappa shape index (κ3) is 6.38. The summed E-state index contributed by atoms with van der Waals surface area (Å²) < 4.78 is 0. The molecule has 2 amide bonds. The van der Waals surface area contributed by atoms with Gasteiger partial charge in [-0.1, -0.05) is 65.0 Å². The number of hydrogen-bond donors (Lipinski definition) is 3. The minimum atomic E-state index is -0.472. The van der Waals surface area contributed by atoms with Gasteiger partial charge in [-0.05, 0) is 103 Å². The Morgan fingerprint density at radius 1 is 1.07 bits per heavy atom. The van der Waals surface area contributed by atoms with E-state index in [1.807, 2.05) is 36.4 Å². The molecule has 0 spiro atoms. The molecule has 0 radical (unpaired) electrons. The highest BCUT2D eigenvalue weighted by molar-refractivity contribution is 5.95. The summed E-state index contributed by atoms with van der Waals surface area (Å²) in [6.07, 6.45) is 4.94. The topological polar surface area (TPSA) is 94.1 Å². The second-order valence-electron chi connectivity index (χ2n) is 14.9. The molecule has 2 aromatic rings. The average molecular weight is 631 g/mol. The Morgan fingerprint density at radius 2 is 1.83 bits per heavy atom. The Bertz CT molecular complexity index is 1400. The molecule has 2 saturated heterocycles. The molecule has 8 atom stereocenters. The SMILES string of the molecule is CC[C@@H]1[C@H](CO)ON(Cc2cccc(-c3cccc(C(=O)NC[C@@H]4CCCN4CC)c3)c2)[C@@H]1C(=O)N[C@H]1C[C@H]2C[C@@H]([C@@H]1C)C2(C)C. The fourth-order valence-electron chi connectivity index (χ4n) is 9.18. The minimum absolute atomic E-state index is 0.00767. The van der Waals surface area contributed by atoms with Crippen molar-refractivity contribution in [3.05, 3.63) is 59.7 Å². The number of aliphatic hydroxyl groups excluding tert-OH is 1. The first-order valence-corrected chi connectivity index (χ1v) is 17.7. The van der Waals surface area contributed by atoms with Gasteiger partial charge in [0, 0.05) is 30.1 Å².